The number of rotatable bonds is 3. The number of carbonyl (C=O) groups excluding carboxylic acids is 1. The Balaban J connectivity index is 1.29. The zero-order valence-electron chi connectivity index (χ0n) is 17.8. The second kappa shape index (κ2) is 7.07. The first-order chi connectivity index (χ1) is 14.4. The van der Waals surface area contributed by atoms with Crippen LogP contribution in [-0.2, 0) is 16.1 Å². The molecule has 0 radical (unpaired) electrons. The minimum atomic E-state index is -0.372. The molecular formula is C23H27N5O2. The summed E-state index contributed by atoms with van der Waals surface area (Å²) < 4.78 is 7.94. The van der Waals surface area contributed by atoms with Crippen LogP contribution in [0.15, 0.2) is 30.6 Å². The Hall–Kier alpha value is -2.96. The number of nitrogens with zero attached hydrogens (tertiary/aromatic N) is 5. The van der Waals surface area contributed by atoms with Crippen LogP contribution in [0.25, 0.3) is 11.0 Å². The van der Waals surface area contributed by atoms with E-state index in [1.54, 1.807) is 0 Å². The predicted molar refractivity (Wildman–Crippen MR) is 114 cm³/mol. The lowest BCUT2D eigenvalue weighted by atomic mass is 9.76. The third-order valence-electron chi connectivity index (χ3n) is 6.75. The fourth-order valence-corrected chi connectivity index (χ4v) is 4.93. The smallest absolute Gasteiger partial charge is 0.312 e. The van der Waals surface area contributed by atoms with Crippen molar-refractivity contribution >= 4 is 22.8 Å². The SMILES string of the molecule is Cc1nc(C)c(C)c(N2CCC3(CC2)CC(Cn2cnc4ccccc42)OC3=O)n1. The van der Waals surface area contributed by atoms with Crippen LogP contribution >= 0.6 is 0 Å². The van der Waals surface area contributed by atoms with Gasteiger partial charge in [-0.2, -0.15) is 0 Å². The molecule has 0 saturated carbocycles. The monoisotopic (exact) mass is 405 g/mol. The average Bonchev–Trinajstić information content (AvgIpc) is 3.27. The predicted octanol–water partition coefficient (Wildman–Crippen LogP) is 3.35. The Kier molecular flexibility index (Phi) is 4.49. The number of ether oxygens (including phenoxy) is 1. The highest BCUT2D eigenvalue weighted by Crippen LogP contribution is 2.44. The van der Waals surface area contributed by atoms with Gasteiger partial charge >= 0.3 is 5.97 Å². The molecule has 156 valence electrons. The molecule has 2 aliphatic rings. The van der Waals surface area contributed by atoms with Gasteiger partial charge in [-0.05, 0) is 45.7 Å². The number of imidazole rings is 1. The van der Waals surface area contributed by atoms with Crippen LogP contribution in [0.2, 0.25) is 0 Å². The molecule has 0 bridgehead atoms. The molecule has 1 atom stereocenters. The van der Waals surface area contributed by atoms with Crippen LogP contribution in [0.3, 0.4) is 0 Å². The van der Waals surface area contributed by atoms with Crippen LogP contribution in [-0.4, -0.2) is 44.7 Å². The summed E-state index contributed by atoms with van der Waals surface area (Å²) >= 11 is 0. The highest BCUT2D eigenvalue weighted by atomic mass is 16.6. The zero-order chi connectivity index (χ0) is 20.9. The summed E-state index contributed by atoms with van der Waals surface area (Å²) in [5.74, 6) is 1.76. The Morgan fingerprint density at radius 2 is 1.90 bits per heavy atom. The molecule has 4 heterocycles. The largest absolute Gasteiger partial charge is 0.460 e. The van der Waals surface area contributed by atoms with E-state index in [0.29, 0.717) is 6.54 Å². The molecule has 2 fully saturated rings. The minimum Gasteiger partial charge on any atom is -0.460 e. The van der Waals surface area contributed by atoms with E-state index in [9.17, 15) is 4.79 Å². The quantitative estimate of drug-likeness (QED) is 0.622. The van der Waals surface area contributed by atoms with E-state index in [1.165, 1.54) is 0 Å². The van der Waals surface area contributed by atoms with Gasteiger partial charge in [0, 0.05) is 30.8 Å². The van der Waals surface area contributed by atoms with Gasteiger partial charge in [-0.15, -0.1) is 0 Å². The van der Waals surface area contributed by atoms with Crippen molar-refractivity contribution in [2.45, 2.75) is 52.7 Å². The number of aryl methyl sites for hydroxylation is 2. The number of para-hydroxylation sites is 2. The van der Waals surface area contributed by atoms with E-state index in [0.717, 1.165) is 66.3 Å². The number of fused-ring (bicyclic) bond motifs is 1. The van der Waals surface area contributed by atoms with Gasteiger partial charge in [0.1, 0.15) is 17.7 Å². The molecule has 0 N–H and O–H groups in total. The number of esters is 1. The van der Waals surface area contributed by atoms with Crippen molar-refractivity contribution in [2.24, 2.45) is 5.41 Å². The van der Waals surface area contributed by atoms with Gasteiger partial charge in [-0.3, -0.25) is 4.79 Å². The van der Waals surface area contributed by atoms with Gasteiger partial charge in [0.25, 0.3) is 0 Å². The van der Waals surface area contributed by atoms with E-state index in [2.05, 4.69) is 37.4 Å². The number of piperidine rings is 1. The van der Waals surface area contributed by atoms with E-state index in [4.69, 9.17) is 4.74 Å². The lowest BCUT2D eigenvalue weighted by molar-refractivity contribution is -0.150. The van der Waals surface area contributed by atoms with Crippen molar-refractivity contribution in [1.29, 1.82) is 0 Å². The van der Waals surface area contributed by atoms with Crippen LogP contribution < -0.4 is 4.90 Å². The van der Waals surface area contributed by atoms with Gasteiger partial charge in [0.15, 0.2) is 0 Å². The van der Waals surface area contributed by atoms with Gasteiger partial charge in [-0.1, -0.05) is 12.1 Å². The Labute approximate surface area is 176 Å². The number of aromatic nitrogens is 4. The van der Waals surface area contributed by atoms with Gasteiger partial charge < -0.3 is 14.2 Å². The molecule has 2 aliphatic heterocycles. The topological polar surface area (TPSA) is 73.1 Å². The molecule has 30 heavy (non-hydrogen) atoms. The summed E-state index contributed by atoms with van der Waals surface area (Å²) in [6.45, 7) is 8.31. The second-order valence-corrected chi connectivity index (χ2v) is 8.69. The van der Waals surface area contributed by atoms with E-state index in [1.807, 2.05) is 38.4 Å². The summed E-state index contributed by atoms with van der Waals surface area (Å²) in [5, 5.41) is 0. The molecule has 7 heteroatoms. The number of hydrogen-bond donors (Lipinski definition) is 0. The molecule has 1 spiro atoms. The Morgan fingerprint density at radius 1 is 1.13 bits per heavy atom. The van der Waals surface area contributed by atoms with Crippen molar-refractivity contribution in [3.05, 3.63) is 47.7 Å². The summed E-state index contributed by atoms with van der Waals surface area (Å²) in [7, 11) is 0. The number of carbonyl (C=O) groups is 1. The molecule has 0 aliphatic carbocycles. The number of benzene rings is 1. The first kappa shape index (κ1) is 19.0. The zero-order valence-corrected chi connectivity index (χ0v) is 17.8. The third-order valence-corrected chi connectivity index (χ3v) is 6.75. The number of hydrogen-bond acceptors (Lipinski definition) is 6. The molecule has 5 rings (SSSR count). The summed E-state index contributed by atoms with van der Waals surface area (Å²) in [4.78, 5) is 28.8. The number of anilines is 1. The maximum atomic E-state index is 12.9. The van der Waals surface area contributed by atoms with E-state index in [-0.39, 0.29) is 17.5 Å². The molecule has 2 saturated heterocycles. The highest BCUT2D eigenvalue weighted by Gasteiger charge is 2.50. The third kappa shape index (κ3) is 3.13. The second-order valence-electron chi connectivity index (χ2n) is 8.69. The first-order valence-corrected chi connectivity index (χ1v) is 10.6. The van der Waals surface area contributed by atoms with Crippen LogP contribution in [0, 0.1) is 26.2 Å². The van der Waals surface area contributed by atoms with Crippen LogP contribution in [0.5, 0.6) is 0 Å². The van der Waals surface area contributed by atoms with Crippen molar-refractivity contribution in [3.8, 4) is 0 Å². The molecule has 0 amide bonds. The molecule has 1 aromatic carbocycles. The Morgan fingerprint density at radius 3 is 2.70 bits per heavy atom. The van der Waals surface area contributed by atoms with Crippen molar-refractivity contribution in [2.75, 3.05) is 18.0 Å². The fourth-order valence-electron chi connectivity index (χ4n) is 4.93. The fraction of sp³-hybridized carbons (Fsp3) is 0.478. The highest BCUT2D eigenvalue weighted by molar-refractivity contribution is 5.80. The molecule has 7 nitrogen and oxygen atoms in total. The van der Waals surface area contributed by atoms with E-state index >= 15 is 0 Å². The van der Waals surface area contributed by atoms with Crippen molar-refractivity contribution in [1.82, 2.24) is 19.5 Å². The normalized spacial score (nSPS) is 20.8. The van der Waals surface area contributed by atoms with Crippen LogP contribution in [0.4, 0.5) is 5.82 Å². The Bertz CT molecular complexity index is 1110. The van der Waals surface area contributed by atoms with Gasteiger partial charge in [0.05, 0.1) is 29.3 Å². The van der Waals surface area contributed by atoms with Crippen molar-refractivity contribution < 1.29 is 9.53 Å². The van der Waals surface area contributed by atoms with Gasteiger partial charge in [-0.25, -0.2) is 15.0 Å². The maximum absolute atomic E-state index is 12.9. The molecule has 1 unspecified atom stereocenters. The maximum Gasteiger partial charge on any atom is 0.312 e. The lowest BCUT2D eigenvalue weighted by Gasteiger charge is -2.37. The van der Waals surface area contributed by atoms with Crippen LogP contribution in [0.1, 0.15) is 36.3 Å². The van der Waals surface area contributed by atoms with Gasteiger partial charge in [0.2, 0.25) is 0 Å². The molecule has 3 aromatic rings. The standard InChI is InChI=1S/C23H27N5O2/c1-15-16(2)25-17(3)26-21(15)27-10-8-23(9-11-27)12-18(30-22(23)29)13-28-14-24-19-6-4-5-7-20(19)28/h4-7,14,18H,8-13H2,1-3H3. The summed E-state index contributed by atoms with van der Waals surface area (Å²) in [6, 6.07) is 8.06. The summed E-state index contributed by atoms with van der Waals surface area (Å²) in [6.07, 6.45) is 4.11. The first-order valence-electron chi connectivity index (χ1n) is 10.6. The molecular weight excluding hydrogens is 378 g/mol. The van der Waals surface area contributed by atoms with Crippen molar-refractivity contribution in [3.63, 3.8) is 0 Å². The molecule has 2 aromatic heterocycles. The average molecular weight is 406 g/mol. The summed E-state index contributed by atoms with van der Waals surface area (Å²) in [5.41, 5.74) is 3.81. The van der Waals surface area contributed by atoms with E-state index < -0.39 is 0 Å². The minimum absolute atomic E-state index is 0.0386. The number of cyclic esters (lactones) is 1. The lowest BCUT2D eigenvalue weighted by Crippen LogP contribution is -2.43.